The second-order valence-electron chi connectivity index (χ2n) is 10.3. The number of nitrogens with zero attached hydrogens (tertiary/aromatic N) is 1. The van der Waals surface area contributed by atoms with Gasteiger partial charge in [0.15, 0.2) is 5.79 Å². The van der Waals surface area contributed by atoms with E-state index in [0.717, 1.165) is 51.1 Å². The highest BCUT2D eigenvalue weighted by atomic mass is 16.7. The number of rotatable bonds is 1. The predicted molar refractivity (Wildman–Crippen MR) is 90.3 cm³/mol. The largest absolute Gasteiger partial charge is 0.347 e. The van der Waals surface area contributed by atoms with E-state index in [2.05, 4.69) is 18.7 Å². The van der Waals surface area contributed by atoms with Gasteiger partial charge in [-0.25, -0.2) is 0 Å². The van der Waals surface area contributed by atoms with E-state index in [1.807, 2.05) is 0 Å². The van der Waals surface area contributed by atoms with E-state index in [1.165, 1.54) is 19.3 Å². The molecule has 2 aliphatic heterocycles. The molecule has 0 N–H and O–H groups in total. The summed E-state index contributed by atoms with van der Waals surface area (Å²) in [6, 6.07) is 0. The molecule has 6 fully saturated rings. The minimum atomic E-state index is -0.379. The summed E-state index contributed by atoms with van der Waals surface area (Å²) in [6.45, 7) is 7.91. The maximum atomic E-state index is 13.6. The Kier molecular flexibility index (Phi) is 3.10. The van der Waals surface area contributed by atoms with E-state index in [-0.39, 0.29) is 11.2 Å². The van der Waals surface area contributed by atoms with Gasteiger partial charge in [0.05, 0.1) is 18.6 Å². The van der Waals surface area contributed by atoms with Crippen molar-refractivity contribution in [2.45, 2.75) is 71.0 Å². The Balaban J connectivity index is 1.36. The molecule has 0 aromatic heterocycles. The number of carbonyl (C=O) groups is 1. The fourth-order valence-corrected chi connectivity index (χ4v) is 7.86. The van der Waals surface area contributed by atoms with Crippen LogP contribution < -0.4 is 0 Å². The lowest BCUT2D eigenvalue weighted by molar-refractivity contribution is -0.200. The lowest BCUT2D eigenvalue weighted by atomic mass is 9.40. The molecule has 1 spiro atoms. The lowest BCUT2D eigenvalue weighted by Gasteiger charge is -2.65. The maximum absolute atomic E-state index is 13.6. The number of hydrogen-bond donors (Lipinski definition) is 0. The van der Waals surface area contributed by atoms with Crippen molar-refractivity contribution in [2.75, 3.05) is 26.3 Å². The molecule has 24 heavy (non-hydrogen) atoms. The van der Waals surface area contributed by atoms with E-state index >= 15 is 0 Å². The second-order valence-corrected chi connectivity index (χ2v) is 10.3. The van der Waals surface area contributed by atoms with Gasteiger partial charge < -0.3 is 14.4 Å². The summed E-state index contributed by atoms with van der Waals surface area (Å²) in [6.07, 6.45) is 9.10. The highest BCUT2D eigenvalue weighted by Gasteiger charge is 2.63. The molecule has 6 rings (SSSR count). The third-order valence-corrected chi connectivity index (χ3v) is 7.71. The number of likely N-dealkylation sites (tertiary alicyclic amines) is 1. The topological polar surface area (TPSA) is 38.8 Å². The summed E-state index contributed by atoms with van der Waals surface area (Å²) in [5, 5.41) is 0. The van der Waals surface area contributed by atoms with Crippen LogP contribution in [0.4, 0.5) is 0 Å². The molecule has 4 atom stereocenters. The van der Waals surface area contributed by atoms with Crippen molar-refractivity contribution in [1.82, 2.24) is 4.90 Å². The number of piperidine rings is 1. The fourth-order valence-electron chi connectivity index (χ4n) is 7.86. The third kappa shape index (κ3) is 2.21. The molecule has 4 aliphatic carbocycles. The highest BCUT2D eigenvalue weighted by Crippen LogP contribution is 2.69. The Morgan fingerprint density at radius 3 is 2.04 bits per heavy atom. The molecule has 4 saturated carbocycles. The van der Waals surface area contributed by atoms with Crippen LogP contribution in [0.15, 0.2) is 0 Å². The van der Waals surface area contributed by atoms with Crippen LogP contribution in [0.3, 0.4) is 0 Å². The van der Waals surface area contributed by atoms with Crippen molar-refractivity contribution in [2.24, 2.45) is 22.2 Å². The van der Waals surface area contributed by atoms with Gasteiger partial charge in [0.2, 0.25) is 5.91 Å². The minimum Gasteiger partial charge on any atom is -0.347 e. The summed E-state index contributed by atoms with van der Waals surface area (Å²) in [4.78, 5) is 15.7. The fraction of sp³-hybridized carbons (Fsp3) is 0.950. The van der Waals surface area contributed by atoms with Crippen LogP contribution in [0, 0.1) is 22.2 Å². The van der Waals surface area contributed by atoms with E-state index in [1.54, 1.807) is 0 Å². The zero-order valence-electron chi connectivity index (χ0n) is 15.2. The quantitative estimate of drug-likeness (QED) is 0.739. The van der Waals surface area contributed by atoms with Gasteiger partial charge in [-0.15, -0.1) is 0 Å². The monoisotopic (exact) mass is 333 g/mol. The number of amides is 1. The lowest BCUT2D eigenvalue weighted by Crippen LogP contribution is -2.61. The predicted octanol–water partition coefficient (Wildman–Crippen LogP) is 3.35. The molecule has 4 nitrogen and oxygen atoms in total. The molecule has 1 amide bonds. The molecule has 2 unspecified atom stereocenters. The van der Waals surface area contributed by atoms with Gasteiger partial charge in [-0.3, -0.25) is 4.79 Å². The first kappa shape index (κ1) is 15.6. The minimum absolute atomic E-state index is 0.0647. The first-order valence-electron chi connectivity index (χ1n) is 9.91. The molecule has 4 heteroatoms. The molecule has 2 heterocycles. The zero-order chi connectivity index (χ0) is 16.6. The van der Waals surface area contributed by atoms with Crippen LogP contribution >= 0.6 is 0 Å². The average molecular weight is 333 g/mol. The van der Waals surface area contributed by atoms with Crippen LogP contribution in [0.1, 0.15) is 65.2 Å². The third-order valence-electron chi connectivity index (χ3n) is 7.71. The standard InChI is InChI=1S/C20H31NO3/c1-17-9-15-10-18(2,12-17)14-19(11-15,13-17)16(22)21-5-3-20(4-6-21)23-7-8-24-20/h15H,3-14H2,1-2H3/t15?,17-,18+,19?. The Morgan fingerprint density at radius 2 is 1.50 bits per heavy atom. The zero-order valence-corrected chi connectivity index (χ0v) is 15.2. The van der Waals surface area contributed by atoms with E-state index in [0.29, 0.717) is 30.0 Å². The molecular weight excluding hydrogens is 302 g/mol. The van der Waals surface area contributed by atoms with Gasteiger partial charge in [-0.1, -0.05) is 13.8 Å². The van der Waals surface area contributed by atoms with Crippen molar-refractivity contribution < 1.29 is 14.3 Å². The van der Waals surface area contributed by atoms with Crippen LogP contribution in [0.25, 0.3) is 0 Å². The van der Waals surface area contributed by atoms with E-state index in [4.69, 9.17) is 9.47 Å². The molecule has 2 saturated heterocycles. The first-order chi connectivity index (χ1) is 11.3. The summed E-state index contributed by atoms with van der Waals surface area (Å²) >= 11 is 0. The average Bonchev–Trinajstić information content (AvgIpc) is 2.92. The van der Waals surface area contributed by atoms with Gasteiger partial charge in [-0.05, 0) is 55.3 Å². The van der Waals surface area contributed by atoms with E-state index in [9.17, 15) is 4.79 Å². The number of hydrogen-bond acceptors (Lipinski definition) is 3. The molecular formula is C20H31NO3. The molecule has 0 aromatic rings. The van der Waals surface area contributed by atoms with Crippen LogP contribution in [-0.2, 0) is 14.3 Å². The van der Waals surface area contributed by atoms with Gasteiger partial charge in [0.1, 0.15) is 0 Å². The second kappa shape index (κ2) is 4.76. The van der Waals surface area contributed by atoms with Gasteiger partial charge in [0.25, 0.3) is 0 Å². The summed E-state index contributed by atoms with van der Waals surface area (Å²) < 4.78 is 11.7. The first-order valence-corrected chi connectivity index (χ1v) is 9.91. The SMILES string of the molecule is C[C@]12CC3CC(C(=O)N4CCC5(CC4)OCCO5)(C1)C[C@@](C)(C3)C2. The van der Waals surface area contributed by atoms with Crippen molar-refractivity contribution >= 4 is 5.91 Å². The van der Waals surface area contributed by atoms with Gasteiger partial charge >= 0.3 is 0 Å². The highest BCUT2D eigenvalue weighted by molar-refractivity contribution is 5.83. The molecule has 4 bridgehead atoms. The smallest absolute Gasteiger partial charge is 0.228 e. The Bertz CT molecular complexity index is 539. The number of ether oxygens (including phenoxy) is 2. The Hall–Kier alpha value is -0.610. The van der Waals surface area contributed by atoms with E-state index < -0.39 is 0 Å². The molecule has 0 aromatic carbocycles. The van der Waals surface area contributed by atoms with Gasteiger partial charge in [0, 0.05) is 25.9 Å². The molecule has 6 aliphatic rings. The van der Waals surface area contributed by atoms with Crippen LogP contribution in [0.5, 0.6) is 0 Å². The van der Waals surface area contributed by atoms with Crippen LogP contribution in [0.2, 0.25) is 0 Å². The van der Waals surface area contributed by atoms with Crippen molar-refractivity contribution in [1.29, 1.82) is 0 Å². The molecule has 134 valence electrons. The summed E-state index contributed by atoms with van der Waals surface area (Å²) in [5.74, 6) is 0.852. The van der Waals surface area contributed by atoms with Crippen molar-refractivity contribution in [3.63, 3.8) is 0 Å². The van der Waals surface area contributed by atoms with Crippen LogP contribution in [-0.4, -0.2) is 42.9 Å². The summed E-state index contributed by atoms with van der Waals surface area (Å²) in [7, 11) is 0. The Labute approximate surface area is 145 Å². The summed E-state index contributed by atoms with van der Waals surface area (Å²) in [5.41, 5.74) is 0.738. The normalized spacial score (nSPS) is 49.1. The number of carbonyl (C=O) groups excluding carboxylic acids is 1. The Morgan fingerprint density at radius 1 is 0.917 bits per heavy atom. The molecule has 0 radical (unpaired) electrons. The van der Waals surface area contributed by atoms with Crippen molar-refractivity contribution in [3.05, 3.63) is 0 Å². The maximum Gasteiger partial charge on any atom is 0.228 e. The van der Waals surface area contributed by atoms with Crippen molar-refractivity contribution in [3.8, 4) is 0 Å². The van der Waals surface area contributed by atoms with Gasteiger partial charge in [-0.2, -0.15) is 0 Å².